The highest BCUT2D eigenvalue weighted by molar-refractivity contribution is 5.32. The summed E-state index contributed by atoms with van der Waals surface area (Å²) in [6, 6.07) is 4.78. The number of aryl methyl sites for hydroxylation is 1. The molecule has 2 unspecified atom stereocenters. The molecule has 1 aromatic rings. The van der Waals surface area contributed by atoms with Gasteiger partial charge in [0.05, 0.1) is 0 Å². The quantitative estimate of drug-likeness (QED) is 0.903. The molecule has 1 aliphatic heterocycles. The van der Waals surface area contributed by atoms with E-state index in [-0.39, 0.29) is 17.4 Å². The lowest BCUT2D eigenvalue weighted by Gasteiger charge is -2.43. The average molecular weight is 264 g/mol. The lowest BCUT2D eigenvalue weighted by molar-refractivity contribution is 0.0997. The average Bonchev–Trinajstić information content (AvgIpc) is 2.94. The molecule has 2 rings (SSSR count). The largest absolute Gasteiger partial charge is 0.322 e. The summed E-state index contributed by atoms with van der Waals surface area (Å²) in [6.45, 7) is 8.60. The number of nitrogens with zero attached hydrogens (tertiary/aromatic N) is 1. The van der Waals surface area contributed by atoms with E-state index in [2.05, 4.69) is 18.7 Å². The Kier molecular flexibility index (Phi) is 4.26. The lowest BCUT2D eigenvalue weighted by atomic mass is 9.82. The van der Waals surface area contributed by atoms with Crippen LogP contribution in [0.5, 0.6) is 0 Å². The van der Waals surface area contributed by atoms with E-state index in [1.165, 1.54) is 18.9 Å². The maximum Gasteiger partial charge on any atom is 0.123 e. The van der Waals surface area contributed by atoms with Gasteiger partial charge in [0, 0.05) is 11.6 Å². The van der Waals surface area contributed by atoms with Crippen molar-refractivity contribution in [3.63, 3.8) is 0 Å². The molecule has 0 saturated carbocycles. The molecule has 0 radical (unpaired) electrons. The van der Waals surface area contributed by atoms with E-state index < -0.39 is 0 Å². The van der Waals surface area contributed by atoms with Crippen LogP contribution in [-0.4, -0.2) is 23.5 Å². The van der Waals surface area contributed by atoms with E-state index in [9.17, 15) is 4.39 Å². The van der Waals surface area contributed by atoms with Crippen molar-refractivity contribution < 1.29 is 4.39 Å². The standard InChI is InChI=1S/C16H25FN2/c1-4-16(3,19-9-5-6-10-19)15(18)14-11-13(17)8-7-12(14)2/h7-8,11,15H,4-6,9-10,18H2,1-3H3. The van der Waals surface area contributed by atoms with Crippen molar-refractivity contribution in [1.29, 1.82) is 0 Å². The molecule has 0 spiro atoms. The molecule has 2 atom stereocenters. The molecular formula is C16H25FN2. The van der Waals surface area contributed by atoms with Gasteiger partial charge in [-0.3, -0.25) is 4.90 Å². The molecule has 2 nitrogen and oxygen atoms in total. The van der Waals surface area contributed by atoms with Crippen molar-refractivity contribution in [3.8, 4) is 0 Å². The van der Waals surface area contributed by atoms with Crippen LogP contribution >= 0.6 is 0 Å². The third-order valence-corrected chi connectivity index (χ3v) is 4.79. The predicted octanol–water partition coefficient (Wildman–Crippen LogP) is 3.40. The Labute approximate surface area is 115 Å². The Morgan fingerprint density at radius 1 is 1.37 bits per heavy atom. The molecule has 3 heteroatoms. The summed E-state index contributed by atoms with van der Waals surface area (Å²) in [5.41, 5.74) is 8.45. The second-order valence-corrected chi connectivity index (χ2v) is 5.88. The number of rotatable bonds is 4. The summed E-state index contributed by atoms with van der Waals surface area (Å²) >= 11 is 0. The number of benzene rings is 1. The van der Waals surface area contributed by atoms with Crippen LogP contribution in [0.3, 0.4) is 0 Å². The van der Waals surface area contributed by atoms with Crippen LogP contribution in [-0.2, 0) is 0 Å². The molecule has 2 N–H and O–H groups in total. The van der Waals surface area contributed by atoms with E-state index in [4.69, 9.17) is 5.73 Å². The van der Waals surface area contributed by atoms with Gasteiger partial charge < -0.3 is 5.73 Å². The van der Waals surface area contributed by atoms with Gasteiger partial charge in [0.1, 0.15) is 5.82 Å². The van der Waals surface area contributed by atoms with E-state index in [0.717, 1.165) is 30.6 Å². The summed E-state index contributed by atoms with van der Waals surface area (Å²) in [7, 11) is 0. The SMILES string of the molecule is CCC(C)(C(N)c1cc(F)ccc1C)N1CCCC1. The Balaban J connectivity index is 2.34. The van der Waals surface area contributed by atoms with Crippen LogP contribution in [0.1, 0.15) is 50.3 Å². The maximum absolute atomic E-state index is 13.5. The third-order valence-electron chi connectivity index (χ3n) is 4.79. The number of hydrogen-bond acceptors (Lipinski definition) is 2. The van der Waals surface area contributed by atoms with Crippen LogP contribution < -0.4 is 5.73 Å². The van der Waals surface area contributed by atoms with E-state index in [1.807, 2.05) is 13.0 Å². The molecule has 1 saturated heterocycles. The highest BCUT2D eigenvalue weighted by Crippen LogP contribution is 2.36. The molecule has 1 aliphatic rings. The molecule has 0 aliphatic carbocycles. The van der Waals surface area contributed by atoms with E-state index in [0.29, 0.717) is 0 Å². The summed E-state index contributed by atoms with van der Waals surface area (Å²) in [6.07, 6.45) is 3.46. The van der Waals surface area contributed by atoms with Crippen molar-refractivity contribution in [2.75, 3.05) is 13.1 Å². The summed E-state index contributed by atoms with van der Waals surface area (Å²) in [4.78, 5) is 2.47. The van der Waals surface area contributed by atoms with Gasteiger partial charge in [0.2, 0.25) is 0 Å². The van der Waals surface area contributed by atoms with Crippen LogP contribution in [0.2, 0.25) is 0 Å². The fraction of sp³-hybridized carbons (Fsp3) is 0.625. The Morgan fingerprint density at radius 3 is 2.58 bits per heavy atom. The van der Waals surface area contributed by atoms with E-state index >= 15 is 0 Å². The first-order chi connectivity index (χ1) is 8.99. The van der Waals surface area contributed by atoms with Crippen molar-refractivity contribution >= 4 is 0 Å². The van der Waals surface area contributed by atoms with Crippen molar-refractivity contribution in [2.24, 2.45) is 5.73 Å². The molecule has 0 amide bonds. The van der Waals surface area contributed by atoms with Gasteiger partial charge in [-0.1, -0.05) is 13.0 Å². The van der Waals surface area contributed by atoms with Gasteiger partial charge in [0.25, 0.3) is 0 Å². The molecule has 1 heterocycles. The van der Waals surface area contributed by atoms with Crippen molar-refractivity contribution in [3.05, 3.63) is 35.1 Å². The fourth-order valence-corrected chi connectivity index (χ4v) is 3.15. The van der Waals surface area contributed by atoms with Gasteiger partial charge in [-0.15, -0.1) is 0 Å². The summed E-state index contributed by atoms with van der Waals surface area (Å²) < 4.78 is 13.5. The second-order valence-electron chi connectivity index (χ2n) is 5.88. The molecule has 1 fully saturated rings. The van der Waals surface area contributed by atoms with Crippen molar-refractivity contribution in [2.45, 2.75) is 51.6 Å². The molecule has 19 heavy (non-hydrogen) atoms. The van der Waals surface area contributed by atoms with Crippen LogP contribution in [0, 0.1) is 12.7 Å². The van der Waals surface area contributed by atoms with Gasteiger partial charge in [-0.05, 0) is 69.5 Å². The molecular weight excluding hydrogens is 239 g/mol. The minimum absolute atomic E-state index is 0.0882. The fourth-order valence-electron chi connectivity index (χ4n) is 3.15. The Hall–Kier alpha value is -0.930. The van der Waals surface area contributed by atoms with Crippen LogP contribution in [0.15, 0.2) is 18.2 Å². The first kappa shape index (κ1) is 14.5. The topological polar surface area (TPSA) is 29.3 Å². The zero-order valence-corrected chi connectivity index (χ0v) is 12.2. The maximum atomic E-state index is 13.5. The zero-order valence-electron chi connectivity index (χ0n) is 12.2. The minimum atomic E-state index is -0.198. The molecule has 0 aromatic heterocycles. The highest BCUT2D eigenvalue weighted by Gasteiger charge is 2.38. The number of nitrogens with two attached hydrogens (primary N) is 1. The van der Waals surface area contributed by atoms with E-state index in [1.54, 1.807) is 6.07 Å². The van der Waals surface area contributed by atoms with Gasteiger partial charge in [0.15, 0.2) is 0 Å². The predicted molar refractivity (Wildman–Crippen MR) is 77.6 cm³/mol. The third kappa shape index (κ3) is 2.67. The first-order valence-electron chi connectivity index (χ1n) is 7.25. The lowest BCUT2D eigenvalue weighted by Crippen LogP contribution is -2.52. The molecule has 1 aromatic carbocycles. The Morgan fingerprint density at radius 2 is 2.00 bits per heavy atom. The van der Waals surface area contributed by atoms with Crippen molar-refractivity contribution in [1.82, 2.24) is 4.90 Å². The smallest absolute Gasteiger partial charge is 0.123 e. The number of likely N-dealkylation sites (tertiary alicyclic amines) is 1. The number of halogens is 1. The van der Waals surface area contributed by atoms with Crippen LogP contribution in [0.4, 0.5) is 4.39 Å². The normalized spacial score (nSPS) is 21.3. The minimum Gasteiger partial charge on any atom is -0.322 e. The van der Waals surface area contributed by atoms with Gasteiger partial charge in [-0.2, -0.15) is 0 Å². The summed E-state index contributed by atoms with van der Waals surface area (Å²) in [5, 5.41) is 0. The molecule has 106 valence electrons. The molecule has 0 bridgehead atoms. The Bertz CT molecular complexity index is 440. The number of hydrogen-bond donors (Lipinski definition) is 1. The first-order valence-corrected chi connectivity index (χ1v) is 7.25. The zero-order chi connectivity index (χ0) is 14.0. The second kappa shape index (κ2) is 5.59. The van der Waals surface area contributed by atoms with Crippen LogP contribution in [0.25, 0.3) is 0 Å². The summed E-state index contributed by atoms with van der Waals surface area (Å²) in [5.74, 6) is -0.198. The van der Waals surface area contributed by atoms with Gasteiger partial charge in [-0.25, -0.2) is 4.39 Å². The van der Waals surface area contributed by atoms with Gasteiger partial charge >= 0.3 is 0 Å². The highest BCUT2D eigenvalue weighted by atomic mass is 19.1. The monoisotopic (exact) mass is 264 g/mol.